The Morgan fingerprint density at radius 1 is 0.767 bits per heavy atom. The summed E-state index contributed by atoms with van der Waals surface area (Å²) in [4.78, 5) is 11.3. The van der Waals surface area contributed by atoms with Crippen molar-refractivity contribution in [1.82, 2.24) is 0 Å². The van der Waals surface area contributed by atoms with Gasteiger partial charge in [-0.2, -0.15) is 0 Å². The van der Waals surface area contributed by atoms with Crippen molar-refractivity contribution in [3.63, 3.8) is 0 Å². The number of aromatic carboxylic acids is 1. The van der Waals surface area contributed by atoms with Crippen LogP contribution in [0.25, 0.3) is 45.2 Å². The van der Waals surface area contributed by atoms with Crippen molar-refractivity contribution in [2.24, 2.45) is 0 Å². The lowest BCUT2D eigenvalue weighted by molar-refractivity contribution is 0.0696. The molecule has 0 amide bonds. The summed E-state index contributed by atoms with van der Waals surface area (Å²) in [7, 11) is 0. The highest BCUT2D eigenvalue weighted by Gasteiger charge is 2.09. The van der Waals surface area contributed by atoms with Gasteiger partial charge in [-0.3, -0.25) is 0 Å². The second-order valence-electron chi connectivity index (χ2n) is 7.16. The lowest BCUT2D eigenvalue weighted by Crippen LogP contribution is -1.98. The zero-order valence-corrected chi connectivity index (χ0v) is 16.1. The first-order valence-electron chi connectivity index (χ1n) is 9.71. The summed E-state index contributed by atoms with van der Waals surface area (Å²) in [5.74, 6) is -0.101. The summed E-state index contributed by atoms with van der Waals surface area (Å²) in [6, 6.07) is 29.5. The van der Waals surface area contributed by atoms with Crippen LogP contribution in [-0.4, -0.2) is 11.1 Å². The fourth-order valence-corrected chi connectivity index (χ4v) is 3.72. The van der Waals surface area contributed by atoms with Crippen molar-refractivity contribution in [2.45, 2.75) is 0 Å². The Morgan fingerprint density at radius 3 is 2.37 bits per heavy atom. The fraction of sp³-hybridized carbons (Fsp3) is 0. The molecule has 0 aliphatic heterocycles. The van der Waals surface area contributed by atoms with Crippen LogP contribution in [0.2, 0.25) is 0 Å². The molecule has 3 heteroatoms. The zero-order valence-electron chi connectivity index (χ0n) is 16.1. The number of carbonyl (C=O) groups is 1. The van der Waals surface area contributed by atoms with Crippen molar-refractivity contribution in [2.75, 3.05) is 0 Å². The minimum atomic E-state index is -0.928. The fourth-order valence-electron chi connectivity index (χ4n) is 3.72. The minimum absolute atomic E-state index is 0.292. The number of benzene rings is 4. The van der Waals surface area contributed by atoms with Crippen LogP contribution in [0, 0.1) is 0 Å². The molecule has 1 aromatic heterocycles. The molecule has 5 aromatic rings. The lowest BCUT2D eigenvalue weighted by Gasteiger charge is -2.01. The molecule has 0 radical (unpaired) electrons. The van der Waals surface area contributed by atoms with Gasteiger partial charge in [0.1, 0.15) is 11.3 Å². The van der Waals surface area contributed by atoms with Gasteiger partial charge in [-0.05, 0) is 40.1 Å². The molecule has 0 unspecified atom stereocenters. The molecule has 0 spiro atoms. The van der Waals surface area contributed by atoms with Crippen LogP contribution < -0.4 is 0 Å². The Hall–Kier alpha value is -4.11. The number of rotatable bonds is 4. The molecule has 0 aliphatic carbocycles. The number of carboxylic acid groups (broad SMARTS) is 1. The number of hydrogen-bond donors (Lipinski definition) is 1. The third-order valence-corrected chi connectivity index (χ3v) is 5.27. The van der Waals surface area contributed by atoms with Crippen LogP contribution in [0.4, 0.5) is 0 Å². The Labute approximate surface area is 173 Å². The minimum Gasteiger partial charge on any atom is -0.478 e. The van der Waals surface area contributed by atoms with Crippen LogP contribution in [-0.2, 0) is 0 Å². The average Bonchev–Trinajstić information content (AvgIpc) is 3.23. The van der Waals surface area contributed by atoms with E-state index in [4.69, 9.17) is 4.42 Å². The zero-order chi connectivity index (χ0) is 20.5. The van der Waals surface area contributed by atoms with E-state index >= 15 is 0 Å². The van der Waals surface area contributed by atoms with E-state index in [0.717, 1.165) is 27.9 Å². The van der Waals surface area contributed by atoms with Crippen LogP contribution in [0.5, 0.6) is 0 Å². The second kappa shape index (κ2) is 7.37. The van der Waals surface area contributed by atoms with E-state index in [1.54, 1.807) is 18.2 Å². The van der Waals surface area contributed by atoms with Gasteiger partial charge in [-0.15, -0.1) is 0 Å². The van der Waals surface area contributed by atoms with Gasteiger partial charge in [0, 0.05) is 10.9 Å². The van der Waals surface area contributed by atoms with E-state index in [-0.39, 0.29) is 0 Å². The molecular weight excluding hydrogens is 372 g/mol. The molecule has 0 bridgehead atoms. The summed E-state index contributed by atoms with van der Waals surface area (Å²) in [5.41, 5.74) is 3.83. The molecule has 1 heterocycles. The quantitative estimate of drug-likeness (QED) is 0.332. The molecule has 0 saturated carbocycles. The smallest absolute Gasteiger partial charge is 0.336 e. The van der Waals surface area contributed by atoms with Crippen LogP contribution in [0.15, 0.2) is 95.4 Å². The number of furan rings is 1. The molecule has 1 N–H and O–H groups in total. The normalized spacial score (nSPS) is 11.5. The monoisotopic (exact) mass is 390 g/mol. The summed E-state index contributed by atoms with van der Waals surface area (Å²) in [5, 5.41) is 12.8. The highest BCUT2D eigenvalue weighted by atomic mass is 16.4. The summed E-state index contributed by atoms with van der Waals surface area (Å²) in [6.45, 7) is 0. The second-order valence-corrected chi connectivity index (χ2v) is 7.16. The van der Waals surface area contributed by atoms with E-state index in [1.807, 2.05) is 60.7 Å². The molecule has 3 nitrogen and oxygen atoms in total. The number of carboxylic acids is 1. The van der Waals surface area contributed by atoms with Crippen LogP contribution >= 0.6 is 0 Å². The summed E-state index contributed by atoms with van der Waals surface area (Å²) in [6.07, 6.45) is 3.74. The Bertz CT molecular complexity index is 1410. The molecule has 5 rings (SSSR count). The van der Waals surface area contributed by atoms with Crippen molar-refractivity contribution < 1.29 is 14.3 Å². The first kappa shape index (κ1) is 18.0. The summed E-state index contributed by atoms with van der Waals surface area (Å²) >= 11 is 0. The Kier molecular flexibility index (Phi) is 4.41. The van der Waals surface area contributed by atoms with Crippen molar-refractivity contribution in [1.29, 1.82) is 0 Å². The highest BCUT2D eigenvalue weighted by molar-refractivity contribution is 6.07. The highest BCUT2D eigenvalue weighted by Crippen LogP contribution is 2.33. The van der Waals surface area contributed by atoms with Gasteiger partial charge < -0.3 is 9.52 Å². The van der Waals surface area contributed by atoms with Crippen LogP contribution in [0.3, 0.4) is 0 Å². The molecule has 4 aromatic carbocycles. The molecular formula is C27H18O3. The van der Waals surface area contributed by atoms with E-state index in [9.17, 15) is 9.90 Å². The van der Waals surface area contributed by atoms with E-state index in [0.29, 0.717) is 11.1 Å². The number of fused-ring (bicyclic) bond motifs is 3. The molecule has 30 heavy (non-hydrogen) atoms. The van der Waals surface area contributed by atoms with Crippen molar-refractivity contribution in [3.05, 3.63) is 108 Å². The van der Waals surface area contributed by atoms with Gasteiger partial charge in [-0.1, -0.05) is 84.9 Å². The summed E-state index contributed by atoms with van der Waals surface area (Å²) < 4.78 is 6.09. The molecule has 0 fully saturated rings. The molecule has 144 valence electrons. The maximum atomic E-state index is 11.3. The van der Waals surface area contributed by atoms with Crippen LogP contribution in [0.1, 0.15) is 21.5 Å². The van der Waals surface area contributed by atoms with E-state index in [1.165, 1.54) is 10.8 Å². The van der Waals surface area contributed by atoms with Gasteiger partial charge in [0.25, 0.3) is 0 Å². The molecule has 0 saturated heterocycles. The topological polar surface area (TPSA) is 50.4 Å². The predicted molar refractivity (Wildman–Crippen MR) is 121 cm³/mol. The van der Waals surface area contributed by atoms with Gasteiger partial charge in [0.2, 0.25) is 0 Å². The largest absolute Gasteiger partial charge is 0.478 e. The molecule has 0 atom stereocenters. The predicted octanol–water partition coefficient (Wildman–Crippen LogP) is 7.12. The Morgan fingerprint density at radius 2 is 1.53 bits per heavy atom. The van der Waals surface area contributed by atoms with E-state index < -0.39 is 5.97 Å². The average molecular weight is 390 g/mol. The lowest BCUT2D eigenvalue weighted by atomic mass is 10.0. The SMILES string of the molecule is O=C(O)c1ccccc1/C=C/c1ccc(-c2cc3c(ccc4ccccc43)o2)cc1. The van der Waals surface area contributed by atoms with Gasteiger partial charge >= 0.3 is 5.97 Å². The maximum Gasteiger partial charge on any atom is 0.336 e. The third kappa shape index (κ3) is 3.27. The van der Waals surface area contributed by atoms with Gasteiger partial charge in [0.15, 0.2) is 0 Å². The van der Waals surface area contributed by atoms with Crippen molar-refractivity contribution >= 4 is 39.9 Å². The molecule has 0 aliphatic rings. The first-order valence-corrected chi connectivity index (χ1v) is 9.71. The van der Waals surface area contributed by atoms with Gasteiger partial charge in [0.05, 0.1) is 5.56 Å². The van der Waals surface area contributed by atoms with E-state index in [2.05, 4.69) is 24.3 Å². The van der Waals surface area contributed by atoms with Gasteiger partial charge in [-0.25, -0.2) is 4.79 Å². The maximum absolute atomic E-state index is 11.3. The van der Waals surface area contributed by atoms with Crippen molar-refractivity contribution in [3.8, 4) is 11.3 Å². The standard InChI is InChI=1S/C27H18O3/c28-27(29)23-8-4-2-6-20(23)12-9-18-10-13-21(14-11-18)26-17-24-22-7-3-1-5-19(22)15-16-25(24)30-26/h1-17H,(H,28,29)/b12-9+. The Balaban J connectivity index is 1.45. The first-order chi connectivity index (χ1) is 14.7. The number of hydrogen-bond acceptors (Lipinski definition) is 2. The third-order valence-electron chi connectivity index (χ3n) is 5.27.